The summed E-state index contributed by atoms with van der Waals surface area (Å²) in [6.07, 6.45) is 5.02. The molecule has 0 spiro atoms. The Morgan fingerprint density at radius 2 is 1.34 bits per heavy atom. The van der Waals surface area contributed by atoms with E-state index >= 15 is 0 Å². The smallest absolute Gasteiger partial charge is 0.410 e. The molecule has 11 atom stereocenters. The van der Waals surface area contributed by atoms with Crippen LogP contribution in [0.3, 0.4) is 0 Å². The number of rotatable bonds is 42. The normalized spacial score (nSPS) is 16.1. The van der Waals surface area contributed by atoms with Gasteiger partial charge in [-0.05, 0) is 72.6 Å². The van der Waals surface area contributed by atoms with E-state index in [1.807, 2.05) is 44.2 Å². The number of esters is 1. The summed E-state index contributed by atoms with van der Waals surface area (Å²) < 4.78 is 38.7. The van der Waals surface area contributed by atoms with Crippen molar-refractivity contribution >= 4 is 65.1 Å². The molecular formula is C68H106N10O17. The molecule has 530 valence electrons. The summed E-state index contributed by atoms with van der Waals surface area (Å²) in [6.45, 7) is 17.2. The standard InChI is InChI=1S/C68H106N10O17/c1-16-33-92-34-35-93-36-37-94-41-54(79)74-56(42(3)4)63(83)72-50(25-21-31-70-67(69)87)62(82)71-49-29-27-48(28-30-49)40-95-68(88)77(12)58(44(7)8)64(84)75-57(43(5)6)65(85)76(11)59(45(9)17-2)53(89-13)39-55(80)78-32-22-26-52(78)60(90-14)46(10)61(81)73-51(66(86)91-15)38-47-23-19-18-20-24-47/h1,18-20,23-24,27-30,42-46,50-53,56-60H,17,21-22,25-26,31-41H2,2-15H3,(H,71,82)(H,72,83)(H,73,81)(H,74,79)(H,75,84)(H3,69,70,87)/t45?,46-,50?,51?,52+,53-,56+,57+,58+,59+,60?/m1/s1. The van der Waals surface area contributed by atoms with Crippen molar-refractivity contribution in [2.75, 3.05) is 93.5 Å². The van der Waals surface area contributed by atoms with Crippen LogP contribution in [0.15, 0.2) is 54.6 Å². The highest BCUT2D eigenvalue weighted by molar-refractivity contribution is 5.98. The van der Waals surface area contributed by atoms with Crippen molar-refractivity contribution in [3.63, 3.8) is 0 Å². The average Bonchev–Trinajstić information content (AvgIpc) is 1.81. The third-order valence-electron chi connectivity index (χ3n) is 16.8. The van der Waals surface area contributed by atoms with Crippen molar-refractivity contribution in [2.45, 2.75) is 168 Å². The van der Waals surface area contributed by atoms with Gasteiger partial charge in [0.2, 0.25) is 41.4 Å². The number of ether oxygens (including phenoxy) is 7. The van der Waals surface area contributed by atoms with Crippen molar-refractivity contribution in [3.05, 3.63) is 65.7 Å². The maximum Gasteiger partial charge on any atom is 0.410 e. The Morgan fingerprint density at radius 3 is 1.92 bits per heavy atom. The Balaban J connectivity index is 1.69. The van der Waals surface area contributed by atoms with Crippen molar-refractivity contribution < 1.29 is 81.1 Å². The molecule has 0 aromatic heterocycles. The minimum Gasteiger partial charge on any atom is -0.467 e. The van der Waals surface area contributed by atoms with Gasteiger partial charge in [-0.3, -0.25) is 38.5 Å². The lowest BCUT2D eigenvalue weighted by molar-refractivity contribution is -0.149. The van der Waals surface area contributed by atoms with Crippen molar-refractivity contribution in [1.82, 2.24) is 41.3 Å². The molecule has 10 amide bonds. The van der Waals surface area contributed by atoms with Crippen LogP contribution in [-0.4, -0.2) is 217 Å². The first-order valence-electron chi connectivity index (χ1n) is 32.6. The molecule has 95 heavy (non-hydrogen) atoms. The fourth-order valence-electron chi connectivity index (χ4n) is 11.4. The molecule has 1 fully saturated rings. The molecule has 1 aliphatic heterocycles. The lowest BCUT2D eigenvalue weighted by Gasteiger charge is -2.41. The van der Waals surface area contributed by atoms with E-state index < -0.39 is 132 Å². The van der Waals surface area contributed by atoms with Crippen LogP contribution in [0, 0.1) is 41.9 Å². The Hall–Kier alpha value is -7.90. The van der Waals surface area contributed by atoms with Gasteiger partial charge in [0.25, 0.3) is 0 Å². The third-order valence-corrected chi connectivity index (χ3v) is 16.8. The number of carbonyl (C=O) groups excluding carboxylic acids is 10. The lowest BCUT2D eigenvalue weighted by Crippen LogP contribution is -2.60. The summed E-state index contributed by atoms with van der Waals surface area (Å²) in [5, 5.41) is 16.4. The number of amides is 10. The first-order valence-corrected chi connectivity index (χ1v) is 32.6. The Kier molecular flexibility index (Phi) is 36.4. The zero-order valence-corrected chi connectivity index (χ0v) is 58.0. The second-order valence-corrected chi connectivity index (χ2v) is 24.8. The fourth-order valence-corrected chi connectivity index (χ4v) is 11.4. The molecule has 2 aromatic rings. The zero-order valence-electron chi connectivity index (χ0n) is 58.0. The summed E-state index contributed by atoms with van der Waals surface area (Å²) in [4.78, 5) is 140. The molecule has 0 saturated carbocycles. The average molecular weight is 1340 g/mol. The van der Waals surface area contributed by atoms with Crippen LogP contribution in [-0.2, 0) is 84.5 Å². The molecule has 3 rings (SSSR count). The van der Waals surface area contributed by atoms with Crippen molar-refractivity contribution in [3.8, 4) is 12.3 Å². The second kappa shape index (κ2) is 42.5. The minimum atomic E-state index is -1.12. The highest BCUT2D eigenvalue weighted by Crippen LogP contribution is 2.30. The summed E-state index contributed by atoms with van der Waals surface area (Å²) in [6, 6.07) is 8.44. The predicted octanol–water partition coefficient (Wildman–Crippen LogP) is 3.94. The first-order chi connectivity index (χ1) is 45.1. The SMILES string of the molecule is C#CCOCCOCCOCC(=O)N[C@H](C(=O)NC(CCCNC(N)=O)C(=O)Nc1ccc(COC(=O)N(C)[C@H](C(=O)N[C@H](C(=O)N(C)[C@@H](C(C)CC)[C@@H](CC(=O)N2CCC[C@H]2C(OC)[C@@H](C)C(=O)NC(Cc2ccccc2)C(=O)OC)OC)C(C)C)C(C)C)cc1)C(C)C. The number of likely N-dealkylation sites (tertiary alicyclic amines) is 1. The number of primary amides is 1. The van der Waals surface area contributed by atoms with Gasteiger partial charge >= 0.3 is 18.1 Å². The highest BCUT2D eigenvalue weighted by Gasteiger charge is 2.44. The van der Waals surface area contributed by atoms with Crippen molar-refractivity contribution in [1.29, 1.82) is 0 Å². The van der Waals surface area contributed by atoms with Crippen molar-refractivity contribution in [2.24, 2.45) is 35.3 Å². The molecule has 2 aromatic carbocycles. The predicted molar refractivity (Wildman–Crippen MR) is 355 cm³/mol. The number of hydrogen-bond donors (Lipinski definition) is 7. The number of hydrogen-bond acceptors (Lipinski definition) is 17. The molecule has 8 N–H and O–H groups in total. The molecule has 27 heteroatoms. The van der Waals surface area contributed by atoms with Crippen LogP contribution in [0.2, 0.25) is 0 Å². The van der Waals surface area contributed by atoms with E-state index in [0.29, 0.717) is 50.3 Å². The van der Waals surface area contributed by atoms with Crippen LogP contribution >= 0.6 is 0 Å². The summed E-state index contributed by atoms with van der Waals surface area (Å²) in [5.74, 6) is -4.01. The van der Waals surface area contributed by atoms with Crippen LogP contribution in [0.1, 0.15) is 112 Å². The van der Waals surface area contributed by atoms with Crippen LogP contribution in [0.25, 0.3) is 0 Å². The van der Waals surface area contributed by atoms with Crippen LogP contribution in [0.5, 0.6) is 0 Å². The molecular weight excluding hydrogens is 1230 g/mol. The molecule has 27 nitrogen and oxygen atoms in total. The van der Waals surface area contributed by atoms with E-state index in [4.69, 9.17) is 45.3 Å². The van der Waals surface area contributed by atoms with E-state index in [0.717, 1.165) is 5.56 Å². The fraction of sp³-hybridized carbons (Fsp3) is 0.647. The molecule has 4 unspecified atom stereocenters. The monoisotopic (exact) mass is 1330 g/mol. The summed E-state index contributed by atoms with van der Waals surface area (Å²) in [5.41, 5.74) is 6.93. The molecule has 1 heterocycles. The first kappa shape index (κ1) is 81.3. The zero-order chi connectivity index (χ0) is 70.9. The number of nitrogens with one attached hydrogen (secondary N) is 6. The van der Waals surface area contributed by atoms with E-state index in [1.54, 1.807) is 84.7 Å². The van der Waals surface area contributed by atoms with E-state index in [2.05, 4.69) is 37.8 Å². The third kappa shape index (κ3) is 26.7. The van der Waals surface area contributed by atoms with Gasteiger partial charge in [-0.2, -0.15) is 0 Å². The number of carbonyl (C=O) groups is 10. The number of nitrogens with two attached hydrogens (primary N) is 1. The highest BCUT2D eigenvalue weighted by atomic mass is 16.6. The summed E-state index contributed by atoms with van der Waals surface area (Å²) in [7, 11) is 7.29. The number of methoxy groups -OCH3 is 3. The van der Waals surface area contributed by atoms with Gasteiger partial charge in [-0.25, -0.2) is 14.4 Å². The van der Waals surface area contributed by atoms with Gasteiger partial charge < -0.3 is 80.6 Å². The molecule has 0 bridgehead atoms. The number of benzene rings is 2. The maximum absolute atomic E-state index is 14.8. The molecule has 1 saturated heterocycles. The van der Waals surface area contributed by atoms with Gasteiger partial charge in [0.1, 0.15) is 50.0 Å². The van der Waals surface area contributed by atoms with Gasteiger partial charge in [0, 0.05) is 53.5 Å². The van der Waals surface area contributed by atoms with E-state index in [1.165, 1.54) is 38.2 Å². The Bertz CT molecular complexity index is 2800. The maximum atomic E-state index is 14.8. The second-order valence-electron chi connectivity index (χ2n) is 24.8. The van der Waals surface area contributed by atoms with Gasteiger partial charge in [0.15, 0.2) is 0 Å². The minimum absolute atomic E-state index is 0.0800. The number of anilines is 1. The topological polar surface area (TPSA) is 343 Å². The molecule has 1 aliphatic rings. The molecule has 0 radical (unpaired) electrons. The molecule has 0 aliphatic carbocycles. The number of likely N-dealkylation sites (N-methyl/N-ethyl adjacent to an activating group) is 2. The number of nitrogens with zero attached hydrogens (tertiary/aromatic N) is 3. The number of terminal acetylenes is 1. The Labute approximate surface area is 560 Å². The quantitative estimate of drug-likeness (QED) is 0.0281. The van der Waals surface area contributed by atoms with Crippen LogP contribution < -0.4 is 37.6 Å². The van der Waals surface area contributed by atoms with Gasteiger partial charge in [-0.15, -0.1) is 6.42 Å². The van der Waals surface area contributed by atoms with Gasteiger partial charge in [0.05, 0.1) is 70.2 Å². The van der Waals surface area contributed by atoms with E-state index in [-0.39, 0.29) is 77.1 Å². The lowest BCUT2D eigenvalue weighted by atomic mass is 9.89. The van der Waals surface area contributed by atoms with E-state index in [9.17, 15) is 47.9 Å². The largest absolute Gasteiger partial charge is 0.467 e. The van der Waals surface area contributed by atoms with Gasteiger partial charge in [-0.1, -0.05) is 117 Å². The number of urea groups is 1. The Morgan fingerprint density at radius 1 is 0.705 bits per heavy atom. The summed E-state index contributed by atoms with van der Waals surface area (Å²) >= 11 is 0. The van der Waals surface area contributed by atoms with Crippen LogP contribution in [0.4, 0.5) is 15.3 Å².